The van der Waals surface area contributed by atoms with E-state index in [0.717, 1.165) is 31.6 Å². The van der Waals surface area contributed by atoms with Gasteiger partial charge in [-0.15, -0.1) is 0 Å². The SMILES string of the molecule is CC(C)CNCc1ccc(OCCN(C)C2CC2)nc1. The molecule has 4 nitrogen and oxygen atoms in total. The van der Waals surface area contributed by atoms with Crippen molar-refractivity contribution in [2.75, 3.05) is 26.7 Å². The highest BCUT2D eigenvalue weighted by atomic mass is 16.5. The zero-order chi connectivity index (χ0) is 14.4. The Morgan fingerprint density at radius 1 is 1.40 bits per heavy atom. The van der Waals surface area contributed by atoms with Gasteiger partial charge in [-0.3, -0.25) is 0 Å². The Labute approximate surface area is 122 Å². The molecule has 1 heterocycles. The van der Waals surface area contributed by atoms with E-state index >= 15 is 0 Å². The Balaban J connectivity index is 1.65. The van der Waals surface area contributed by atoms with E-state index in [9.17, 15) is 0 Å². The van der Waals surface area contributed by atoms with Crippen LogP contribution in [0.2, 0.25) is 0 Å². The molecule has 1 aliphatic carbocycles. The van der Waals surface area contributed by atoms with E-state index in [1.165, 1.54) is 18.4 Å². The molecule has 0 radical (unpaired) electrons. The van der Waals surface area contributed by atoms with Crippen LogP contribution >= 0.6 is 0 Å². The second-order valence-electron chi connectivity index (χ2n) is 6.09. The van der Waals surface area contributed by atoms with Gasteiger partial charge in [0.05, 0.1) is 0 Å². The standard InChI is InChI=1S/C16H27N3O/c1-13(2)10-17-11-14-4-7-16(18-12-14)20-9-8-19(3)15-5-6-15/h4,7,12-13,15,17H,5-6,8-11H2,1-3H3. The van der Waals surface area contributed by atoms with Crippen molar-refractivity contribution in [2.24, 2.45) is 5.92 Å². The fourth-order valence-corrected chi connectivity index (χ4v) is 2.10. The fourth-order valence-electron chi connectivity index (χ4n) is 2.10. The van der Waals surface area contributed by atoms with Crippen molar-refractivity contribution in [2.45, 2.75) is 39.3 Å². The largest absolute Gasteiger partial charge is 0.476 e. The van der Waals surface area contributed by atoms with Crippen molar-refractivity contribution in [1.29, 1.82) is 0 Å². The van der Waals surface area contributed by atoms with Crippen LogP contribution in [0, 0.1) is 5.92 Å². The maximum atomic E-state index is 5.68. The summed E-state index contributed by atoms with van der Waals surface area (Å²) in [6.07, 6.45) is 4.58. The van der Waals surface area contributed by atoms with Gasteiger partial charge in [0, 0.05) is 31.4 Å². The highest BCUT2D eigenvalue weighted by Gasteiger charge is 2.25. The zero-order valence-electron chi connectivity index (χ0n) is 12.9. The number of aromatic nitrogens is 1. The molecule has 0 aliphatic heterocycles. The lowest BCUT2D eigenvalue weighted by molar-refractivity contribution is 0.226. The maximum absolute atomic E-state index is 5.68. The Kier molecular flexibility index (Phi) is 5.80. The summed E-state index contributed by atoms with van der Waals surface area (Å²) in [4.78, 5) is 6.72. The molecule has 1 N–H and O–H groups in total. The summed E-state index contributed by atoms with van der Waals surface area (Å²) in [7, 11) is 2.16. The second kappa shape index (κ2) is 7.60. The average Bonchev–Trinajstić information content (AvgIpc) is 3.24. The average molecular weight is 277 g/mol. The molecular weight excluding hydrogens is 250 g/mol. The van der Waals surface area contributed by atoms with Crippen LogP contribution in [-0.2, 0) is 6.54 Å². The molecule has 0 spiro atoms. The van der Waals surface area contributed by atoms with Crippen LogP contribution in [0.4, 0.5) is 0 Å². The first-order valence-electron chi connectivity index (χ1n) is 7.64. The third kappa shape index (κ3) is 5.47. The van der Waals surface area contributed by atoms with Crippen LogP contribution in [-0.4, -0.2) is 42.7 Å². The van der Waals surface area contributed by atoms with Crippen LogP contribution in [0.15, 0.2) is 18.3 Å². The third-order valence-electron chi connectivity index (χ3n) is 3.54. The molecule has 0 atom stereocenters. The summed E-state index contributed by atoms with van der Waals surface area (Å²) in [5, 5.41) is 3.41. The molecule has 0 saturated heterocycles. The van der Waals surface area contributed by atoms with Crippen LogP contribution in [0.1, 0.15) is 32.3 Å². The summed E-state index contributed by atoms with van der Waals surface area (Å²) in [6, 6.07) is 4.84. The first-order chi connectivity index (χ1) is 9.65. The molecule has 1 aliphatic rings. The first-order valence-corrected chi connectivity index (χ1v) is 7.64. The predicted octanol–water partition coefficient (Wildman–Crippen LogP) is 2.30. The molecule has 112 valence electrons. The van der Waals surface area contributed by atoms with Crippen LogP contribution < -0.4 is 10.1 Å². The molecule has 0 unspecified atom stereocenters. The predicted molar refractivity (Wildman–Crippen MR) is 81.9 cm³/mol. The Morgan fingerprint density at radius 3 is 2.80 bits per heavy atom. The van der Waals surface area contributed by atoms with E-state index < -0.39 is 0 Å². The van der Waals surface area contributed by atoms with Crippen LogP contribution in [0.5, 0.6) is 5.88 Å². The highest BCUT2D eigenvalue weighted by molar-refractivity contribution is 5.17. The Bertz CT molecular complexity index is 387. The van der Waals surface area contributed by atoms with E-state index in [2.05, 4.69) is 42.2 Å². The molecule has 1 fully saturated rings. The third-order valence-corrected chi connectivity index (χ3v) is 3.54. The highest BCUT2D eigenvalue weighted by Crippen LogP contribution is 2.24. The minimum atomic E-state index is 0.675. The van der Waals surface area contributed by atoms with E-state index in [0.29, 0.717) is 12.5 Å². The van der Waals surface area contributed by atoms with Crippen molar-refractivity contribution in [3.63, 3.8) is 0 Å². The van der Waals surface area contributed by atoms with Crippen molar-refractivity contribution in [3.8, 4) is 5.88 Å². The second-order valence-corrected chi connectivity index (χ2v) is 6.09. The van der Waals surface area contributed by atoms with Gasteiger partial charge in [-0.05, 0) is 37.9 Å². The summed E-state index contributed by atoms with van der Waals surface area (Å²) < 4.78 is 5.68. The van der Waals surface area contributed by atoms with E-state index in [-0.39, 0.29) is 0 Å². The fraction of sp³-hybridized carbons (Fsp3) is 0.688. The van der Waals surface area contributed by atoms with Crippen molar-refractivity contribution in [3.05, 3.63) is 23.9 Å². The monoisotopic (exact) mass is 277 g/mol. The molecule has 4 heteroatoms. The Morgan fingerprint density at radius 2 is 2.20 bits per heavy atom. The van der Waals surface area contributed by atoms with Gasteiger partial charge in [0.1, 0.15) is 6.61 Å². The lowest BCUT2D eigenvalue weighted by Gasteiger charge is -2.15. The summed E-state index contributed by atoms with van der Waals surface area (Å²) in [6.45, 7) is 8.01. The lowest BCUT2D eigenvalue weighted by Crippen LogP contribution is -2.26. The molecular formula is C16H27N3O. The number of nitrogens with zero attached hydrogens (tertiary/aromatic N) is 2. The normalized spacial score (nSPS) is 15.1. The van der Waals surface area contributed by atoms with Gasteiger partial charge >= 0.3 is 0 Å². The van der Waals surface area contributed by atoms with Crippen molar-refractivity contribution >= 4 is 0 Å². The summed E-state index contributed by atoms with van der Waals surface area (Å²) in [5.74, 6) is 1.40. The van der Waals surface area contributed by atoms with E-state index in [4.69, 9.17) is 4.74 Å². The number of hydrogen-bond donors (Lipinski definition) is 1. The lowest BCUT2D eigenvalue weighted by atomic mass is 10.2. The molecule has 1 saturated carbocycles. The van der Waals surface area contributed by atoms with Gasteiger partial charge in [0.15, 0.2) is 0 Å². The van der Waals surface area contributed by atoms with Gasteiger partial charge < -0.3 is 15.0 Å². The van der Waals surface area contributed by atoms with Crippen LogP contribution in [0.3, 0.4) is 0 Å². The maximum Gasteiger partial charge on any atom is 0.213 e. The number of hydrogen-bond acceptors (Lipinski definition) is 4. The van der Waals surface area contributed by atoms with Gasteiger partial charge in [-0.2, -0.15) is 0 Å². The molecule has 1 aromatic heterocycles. The summed E-state index contributed by atoms with van der Waals surface area (Å²) in [5.41, 5.74) is 1.20. The summed E-state index contributed by atoms with van der Waals surface area (Å²) >= 11 is 0. The Hall–Kier alpha value is -1.13. The number of pyridine rings is 1. The van der Waals surface area contributed by atoms with E-state index in [1.807, 2.05) is 12.3 Å². The quantitative estimate of drug-likeness (QED) is 0.751. The topological polar surface area (TPSA) is 37.4 Å². The molecule has 0 amide bonds. The van der Waals surface area contributed by atoms with Gasteiger partial charge in [0.2, 0.25) is 5.88 Å². The van der Waals surface area contributed by atoms with Crippen molar-refractivity contribution < 1.29 is 4.74 Å². The zero-order valence-corrected chi connectivity index (χ0v) is 12.9. The number of nitrogens with one attached hydrogen (secondary N) is 1. The molecule has 2 rings (SSSR count). The smallest absolute Gasteiger partial charge is 0.213 e. The van der Waals surface area contributed by atoms with Gasteiger partial charge in [-0.25, -0.2) is 4.98 Å². The molecule has 0 aromatic carbocycles. The molecule has 20 heavy (non-hydrogen) atoms. The molecule has 1 aromatic rings. The van der Waals surface area contributed by atoms with Gasteiger partial charge in [-0.1, -0.05) is 19.9 Å². The number of ether oxygens (including phenoxy) is 1. The first kappa shape index (κ1) is 15.3. The van der Waals surface area contributed by atoms with Gasteiger partial charge in [0.25, 0.3) is 0 Å². The minimum absolute atomic E-state index is 0.675. The number of likely N-dealkylation sites (N-methyl/N-ethyl adjacent to an activating group) is 1. The minimum Gasteiger partial charge on any atom is -0.476 e. The van der Waals surface area contributed by atoms with E-state index in [1.54, 1.807) is 0 Å². The van der Waals surface area contributed by atoms with Crippen molar-refractivity contribution in [1.82, 2.24) is 15.2 Å². The number of rotatable bonds is 9. The van der Waals surface area contributed by atoms with Crippen LogP contribution in [0.25, 0.3) is 0 Å². The molecule has 0 bridgehead atoms.